The molecule has 2 aromatic rings. The molecule has 0 saturated carbocycles. The van der Waals surface area contributed by atoms with Gasteiger partial charge in [0.2, 0.25) is 11.7 Å². The number of hydrogen-bond donors (Lipinski definition) is 2. The Morgan fingerprint density at radius 1 is 1.40 bits per heavy atom. The standard InChI is InChI=1S/C13H15N3O4/c1-16-9(6-7-15-16)2-5-12(17)14-8-10-3-4-11(20-10)13(18)19/h3-4,6-7H,2,5,8H2,1H3,(H,14,17)(H,18,19). The highest BCUT2D eigenvalue weighted by Crippen LogP contribution is 2.07. The molecule has 0 aliphatic carbocycles. The third-order valence-corrected chi connectivity index (χ3v) is 2.86. The molecule has 0 saturated heterocycles. The molecule has 0 aliphatic heterocycles. The van der Waals surface area contributed by atoms with Crippen LogP contribution in [-0.4, -0.2) is 26.8 Å². The maximum Gasteiger partial charge on any atom is 0.371 e. The fraction of sp³-hybridized carbons (Fsp3) is 0.308. The molecule has 106 valence electrons. The second-order valence-electron chi connectivity index (χ2n) is 4.29. The number of carboxylic acid groups (broad SMARTS) is 1. The van der Waals surface area contributed by atoms with Crippen LogP contribution in [0.4, 0.5) is 0 Å². The minimum absolute atomic E-state index is 0.125. The molecular weight excluding hydrogens is 262 g/mol. The zero-order chi connectivity index (χ0) is 14.5. The summed E-state index contributed by atoms with van der Waals surface area (Å²) >= 11 is 0. The fourth-order valence-corrected chi connectivity index (χ4v) is 1.75. The van der Waals surface area contributed by atoms with E-state index in [4.69, 9.17) is 9.52 Å². The Balaban J connectivity index is 1.77. The zero-order valence-electron chi connectivity index (χ0n) is 11.0. The molecule has 2 N–H and O–H groups in total. The average Bonchev–Trinajstić information content (AvgIpc) is 3.03. The molecular formula is C13H15N3O4. The topological polar surface area (TPSA) is 97.4 Å². The number of carbonyl (C=O) groups excluding carboxylic acids is 1. The number of nitrogens with one attached hydrogen (secondary N) is 1. The van der Waals surface area contributed by atoms with Gasteiger partial charge in [-0.15, -0.1) is 0 Å². The van der Waals surface area contributed by atoms with Crippen LogP contribution in [0, 0.1) is 0 Å². The smallest absolute Gasteiger partial charge is 0.371 e. The van der Waals surface area contributed by atoms with Crippen molar-refractivity contribution in [2.45, 2.75) is 19.4 Å². The van der Waals surface area contributed by atoms with E-state index in [9.17, 15) is 9.59 Å². The predicted octanol–water partition coefficient (Wildman–Crippen LogP) is 0.960. The second kappa shape index (κ2) is 6.05. The van der Waals surface area contributed by atoms with Crippen molar-refractivity contribution in [2.24, 2.45) is 7.05 Å². The number of aromatic carboxylic acids is 1. The number of carboxylic acids is 1. The Morgan fingerprint density at radius 3 is 2.80 bits per heavy atom. The van der Waals surface area contributed by atoms with Gasteiger partial charge in [-0.3, -0.25) is 9.48 Å². The molecule has 2 heterocycles. The van der Waals surface area contributed by atoms with Gasteiger partial charge in [-0.2, -0.15) is 5.10 Å². The van der Waals surface area contributed by atoms with Crippen LogP contribution in [0.25, 0.3) is 0 Å². The summed E-state index contributed by atoms with van der Waals surface area (Å²) in [6.07, 6.45) is 2.62. The number of aromatic nitrogens is 2. The quantitative estimate of drug-likeness (QED) is 0.819. The minimum atomic E-state index is -1.13. The lowest BCUT2D eigenvalue weighted by Crippen LogP contribution is -2.23. The summed E-state index contributed by atoms with van der Waals surface area (Å²) in [5.41, 5.74) is 0.978. The minimum Gasteiger partial charge on any atom is -0.475 e. The number of rotatable bonds is 6. The van der Waals surface area contributed by atoms with Crippen LogP contribution in [0.1, 0.15) is 28.4 Å². The molecule has 0 radical (unpaired) electrons. The Bertz CT molecular complexity index is 615. The lowest BCUT2D eigenvalue weighted by atomic mass is 10.2. The molecule has 0 spiro atoms. The van der Waals surface area contributed by atoms with Crippen LogP contribution in [0.5, 0.6) is 0 Å². The molecule has 0 bridgehead atoms. The van der Waals surface area contributed by atoms with E-state index in [0.717, 1.165) is 5.69 Å². The third-order valence-electron chi connectivity index (χ3n) is 2.86. The number of aryl methyl sites for hydroxylation is 2. The van der Waals surface area contributed by atoms with Crippen LogP contribution in [0.3, 0.4) is 0 Å². The van der Waals surface area contributed by atoms with Crippen molar-refractivity contribution >= 4 is 11.9 Å². The first-order valence-electron chi connectivity index (χ1n) is 6.12. The number of amides is 1. The lowest BCUT2D eigenvalue weighted by Gasteiger charge is -2.04. The molecule has 2 rings (SSSR count). The van der Waals surface area contributed by atoms with Gasteiger partial charge in [0.05, 0.1) is 6.54 Å². The number of hydrogen-bond acceptors (Lipinski definition) is 4. The summed E-state index contributed by atoms with van der Waals surface area (Å²) in [5, 5.41) is 15.4. The van der Waals surface area contributed by atoms with Crippen LogP contribution < -0.4 is 5.32 Å². The van der Waals surface area contributed by atoms with Crippen LogP contribution in [0.15, 0.2) is 28.8 Å². The number of furan rings is 1. The third kappa shape index (κ3) is 3.47. The van der Waals surface area contributed by atoms with Gasteiger partial charge in [-0.1, -0.05) is 0 Å². The first-order valence-corrected chi connectivity index (χ1v) is 6.12. The maximum absolute atomic E-state index is 11.7. The zero-order valence-corrected chi connectivity index (χ0v) is 11.0. The summed E-state index contributed by atoms with van der Waals surface area (Å²) in [7, 11) is 1.82. The Labute approximate surface area is 115 Å². The largest absolute Gasteiger partial charge is 0.475 e. The highest BCUT2D eigenvalue weighted by molar-refractivity contribution is 5.84. The molecule has 0 fully saturated rings. The summed E-state index contributed by atoms with van der Waals surface area (Å²) in [6.45, 7) is 0.178. The van der Waals surface area contributed by atoms with Crippen molar-refractivity contribution in [3.05, 3.63) is 41.6 Å². The Hall–Kier alpha value is -2.57. The van der Waals surface area contributed by atoms with E-state index in [-0.39, 0.29) is 18.2 Å². The molecule has 20 heavy (non-hydrogen) atoms. The summed E-state index contributed by atoms with van der Waals surface area (Å²) < 4.78 is 6.76. The molecule has 0 aliphatic rings. The van der Waals surface area contributed by atoms with Crippen molar-refractivity contribution in [1.82, 2.24) is 15.1 Å². The van der Waals surface area contributed by atoms with E-state index in [0.29, 0.717) is 18.6 Å². The van der Waals surface area contributed by atoms with Crippen molar-refractivity contribution in [1.29, 1.82) is 0 Å². The van der Waals surface area contributed by atoms with Crippen LogP contribution in [-0.2, 0) is 24.8 Å². The predicted molar refractivity (Wildman–Crippen MR) is 69.0 cm³/mol. The molecule has 0 aromatic carbocycles. The van der Waals surface area contributed by atoms with Crippen LogP contribution >= 0.6 is 0 Å². The van der Waals surface area contributed by atoms with Crippen molar-refractivity contribution in [3.63, 3.8) is 0 Å². The van der Waals surface area contributed by atoms with Gasteiger partial charge >= 0.3 is 5.97 Å². The SMILES string of the molecule is Cn1nccc1CCC(=O)NCc1ccc(C(=O)O)o1. The normalized spacial score (nSPS) is 10.4. The number of carbonyl (C=O) groups is 2. The van der Waals surface area contributed by atoms with Crippen LogP contribution in [0.2, 0.25) is 0 Å². The summed E-state index contributed by atoms with van der Waals surface area (Å²) in [4.78, 5) is 22.3. The second-order valence-corrected chi connectivity index (χ2v) is 4.29. The highest BCUT2D eigenvalue weighted by Gasteiger charge is 2.10. The van der Waals surface area contributed by atoms with Gasteiger partial charge < -0.3 is 14.8 Å². The fourth-order valence-electron chi connectivity index (χ4n) is 1.75. The Morgan fingerprint density at radius 2 is 2.20 bits per heavy atom. The van der Waals surface area contributed by atoms with E-state index in [1.807, 2.05) is 13.1 Å². The van der Waals surface area contributed by atoms with Gasteiger partial charge in [0.15, 0.2) is 0 Å². The van der Waals surface area contributed by atoms with E-state index in [2.05, 4.69) is 10.4 Å². The van der Waals surface area contributed by atoms with Gasteiger partial charge in [0.1, 0.15) is 5.76 Å². The van der Waals surface area contributed by atoms with E-state index >= 15 is 0 Å². The molecule has 1 amide bonds. The molecule has 0 atom stereocenters. The molecule has 0 unspecified atom stereocenters. The van der Waals surface area contributed by atoms with Gasteiger partial charge in [-0.25, -0.2) is 4.79 Å². The van der Waals surface area contributed by atoms with Gasteiger partial charge in [0.25, 0.3) is 0 Å². The van der Waals surface area contributed by atoms with E-state index in [1.54, 1.807) is 10.9 Å². The summed E-state index contributed by atoms with van der Waals surface area (Å²) in [5.74, 6) is -0.973. The van der Waals surface area contributed by atoms with Crippen molar-refractivity contribution < 1.29 is 19.1 Å². The maximum atomic E-state index is 11.7. The molecule has 7 heteroatoms. The first-order chi connectivity index (χ1) is 9.56. The van der Waals surface area contributed by atoms with Crippen molar-refractivity contribution in [2.75, 3.05) is 0 Å². The van der Waals surface area contributed by atoms with Crippen molar-refractivity contribution in [3.8, 4) is 0 Å². The van der Waals surface area contributed by atoms with E-state index < -0.39 is 5.97 Å². The van der Waals surface area contributed by atoms with Gasteiger partial charge in [-0.05, 0) is 24.6 Å². The van der Waals surface area contributed by atoms with E-state index in [1.165, 1.54) is 12.1 Å². The lowest BCUT2D eigenvalue weighted by molar-refractivity contribution is -0.121. The first kappa shape index (κ1) is 13.9. The molecule has 2 aromatic heterocycles. The molecule has 7 nitrogen and oxygen atoms in total. The monoisotopic (exact) mass is 277 g/mol. The summed E-state index contributed by atoms with van der Waals surface area (Å²) in [6, 6.07) is 4.75. The average molecular weight is 277 g/mol. The number of nitrogens with zero attached hydrogens (tertiary/aromatic N) is 2. The Kier molecular flexibility index (Phi) is 4.19. The highest BCUT2D eigenvalue weighted by atomic mass is 16.4. The van der Waals surface area contributed by atoms with Gasteiger partial charge in [0, 0.05) is 25.4 Å².